The van der Waals surface area contributed by atoms with Crippen LogP contribution in [-0.2, 0) is 10.6 Å². The highest BCUT2D eigenvalue weighted by Crippen LogP contribution is 2.22. The van der Waals surface area contributed by atoms with Gasteiger partial charge in [0, 0.05) is 31.5 Å². The lowest BCUT2D eigenvalue weighted by Crippen LogP contribution is -2.36. The first-order valence-electron chi connectivity index (χ1n) is 6.00. The van der Waals surface area contributed by atoms with Crippen molar-refractivity contribution in [3.8, 4) is 0 Å². The average Bonchev–Trinajstić information content (AvgIpc) is 2.39. The lowest BCUT2D eigenvalue weighted by atomic mass is 10.2. The maximum atomic E-state index is 5.96. The summed E-state index contributed by atoms with van der Waals surface area (Å²) in [5.74, 6) is 1.47. The van der Waals surface area contributed by atoms with Gasteiger partial charge >= 0.3 is 0 Å². The number of ether oxygens (including phenoxy) is 1. The van der Waals surface area contributed by atoms with Gasteiger partial charge in [0.15, 0.2) is 0 Å². The van der Waals surface area contributed by atoms with Gasteiger partial charge in [0.1, 0.15) is 5.82 Å². The first-order chi connectivity index (χ1) is 8.24. The van der Waals surface area contributed by atoms with Gasteiger partial charge in [-0.15, -0.1) is 11.6 Å². The van der Waals surface area contributed by atoms with E-state index in [0.29, 0.717) is 18.5 Å². The Morgan fingerprint density at radius 2 is 2.29 bits per heavy atom. The zero-order chi connectivity index (χ0) is 12.7. The smallest absolute Gasteiger partial charge is 0.133 e. The SMILES string of the molecule is CCC(C)N(CCOC)c1ncccc1CCl. The molecule has 0 radical (unpaired) electrons. The van der Waals surface area contributed by atoms with Gasteiger partial charge in [-0.2, -0.15) is 0 Å². The van der Waals surface area contributed by atoms with E-state index in [1.165, 1.54) is 0 Å². The number of pyridine rings is 1. The number of alkyl halides is 1. The molecule has 0 spiro atoms. The van der Waals surface area contributed by atoms with Crippen molar-refractivity contribution >= 4 is 17.4 Å². The van der Waals surface area contributed by atoms with Crippen molar-refractivity contribution in [3.05, 3.63) is 23.9 Å². The van der Waals surface area contributed by atoms with E-state index in [2.05, 4.69) is 23.7 Å². The normalized spacial score (nSPS) is 12.5. The molecule has 4 heteroatoms. The third-order valence-electron chi connectivity index (χ3n) is 2.94. The van der Waals surface area contributed by atoms with Gasteiger partial charge in [-0.1, -0.05) is 13.0 Å². The molecule has 0 saturated heterocycles. The first-order valence-corrected chi connectivity index (χ1v) is 6.53. The molecule has 1 heterocycles. The second-order valence-corrected chi connectivity index (χ2v) is 4.33. The van der Waals surface area contributed by atoms with Crippen LogP contribution in [0.1, 0.15) is 25.8 Å². The fourth-order valence-corrected chi connectivity index (χ4v) is 1.95. The summed E-state index contributed by atoms with van der Waals surface area (Å²) >= 11 is 5.96. The molecule has 0 bridgehead atoms. The standard InChI is InChI=1S/C13H21ClN2O/c1-4-11(2)16(8-9-17-3)13-12(10-14)6-5-7-15-13/h5-7,11H,4,8-10H2,1-3H3. The van der Waals surface area contributed by atoms with Crippen molar-refractivity contribution in [2.24, 2.45) is 0 Å². The Morgan fingerprint density at radius 3 is 2.88 bits per heavy atom. The molecule has 0 saturated carbocycles. The van der Waals surface area contributed by atoms with Crippen LogP contribution in [0.2, 0.25) is 0 Å². The molecule has 0 fully saturated rings. The second-order valence-electron chi connectivity index (χ2n) is 4.06. The number of rotatable bonds is 7. The molecule has 0 N–H and O–H groups in total. The molecule has 1 aromatic rings. The minimum atomic E-state index is 0.432. The minimum Gasteiger partial charge on any atom is -0.383 e. The molecule has 96 valence electrons. The Hall–Kier alpha value is -0.800. The Labute approximate surface area is 109 Å². The summed E-state index contributed by atoms with van der Waals surface area (Å²) in [6.07, 6.45) is 2.88. The molecule has 3 nitrogen and oxygen atoms in total. The van der Waals surface area contributed by atoms with Crippen molar-refractivity contribution in [1.29, 1.82) is 0 Å². The first kappa shape index (κ1) is 14.3. The van der Waals surface area contributed by atoms with Crippen molar-refractivity contribution in [2.75, 3.05) is 25.2 Å². The van der Waals surface area contributed by atoms with Gasteiger partial charge in [-0.25, -0.2) is 4.98 Å². The highest BCUT2D eigenvalue weighted by Gasteiger charge is 2.16. The molecule has 17 heavy (non-hydrogen) atoms. The predicted octanol–water partition coefficient (Wildman–Crippen LogP) is 3.07. The monoisotopic (exact) mass is 256 g/mol. The lowest BCUT2D eigenvalue weighted by molar-refractivity contribution is 0.203. The Morgan fingerprint density at radius 1 is 1.53 bits per heavy atom. The summed E-state index contributed by atoms with van der Waals surface area (Å²) in [6, 6.07) is 4.38. The minimum absolute atomic E-state index is 0.432. The van der Waals surface area contributed by atoms with E-state index in [1.807, 2.05) is 18.3 Å². The Balaban J connectivity index is 2.94. The van der Waals surface area contributed by atoms with Crippen LogP contribution >= 0.6 is 11.6 Å². The van der Waals surface area contributed by atoms with E-state index in [0.717, 1.165) is 24.3 Å². The zero-order valence-corrected chi connectivity index (χ0v) is 11.6. The zero-order valence-electron chi connectivity index (χ0n) is 10.8. The van der Waals surface area contributed by atoms with Gasteiger partial charge in [-0.05, 0) is 19.4 Å². The van der Waals surface area contributed by atoms with Gasteiger partial charge in [0.05, 0.1) is 12.5 Å². The van der Waals surface area contributed by atoms with Crippen molar-refractivity contribution in [3.63, 3.8) is 0 Å². The fourth-order valence-electron chi connectivity index (χ4n) is 1.74. The quantitative estimate of drug-likeness (QED) is 0.701. The van der Waals surface area contributed by atoms with Crippen LogP contribution in [0.5, 0.6) is 0 Å². The molecule has 0 aliphatic carbocycles. The summed E-state index contributed by atoms with van der Waals surface area (Å²) in [4.78, 5) is 6.72. The fraction of sp³-hybridized carbons (Fsp3) is 0.615. The number of nitrogens with zero attached hydrogens (tertiary/aromatic N) is 2. The van der Waals surface area contributed by atoms with E-state index < -0.39 is 0 Å². The molecule has 1 atom stereocenters. The number of hydrogen-bond donors (Lipinski definition) is 0. The number of methoxy groups -OCH3 is 1. The molecule has 1 rings (SSSR count). The number of aromatic nitrogens is 1. The van der Waals surface area contributed by atoms with Crippen LogP contribution in [-0.4, -0.2) is 31.3 Å². The predicted molar refractivity (Wildman–Crippen MR) is 72.8 cm³/mol. The van der Waals surface area contributed by atoms with Crippen LogP contribution < -0.4 is 4.90 Å². The van der Waals surface area contributed by atoms with Gasteiger partial charge in [-0.3, -0.25) is 0 Å². The van der Waals surface area contributed by atoms with E-state index >= 15 is 0 Å². The summed E-state index contributed by atoms with van der Waals surface area (Å²) in [5, 5.41) is 0. The largest absolute Gasteiger partial charge is 0.383 e. The second kappa shape index (κ2) is 7.51. The third kappa shape index (κ3) is 3.86. The van der Waals surface area contributed by atoms with Crippen molar-refractivity contribution in [1.82, 2.24) is 4.98 Å². The highest BCUT2D eigenvalue weighted by molar-refractivity contribution is 6.17. The summed E-state index contributed by atoms with van der Waals surface area (Å²) in [5.41, 5.74) is 1.07. The summed E-state index contributed by atoms with van der Waals surface area (Å²) in [6.45, 7) is 5.91. The van der Waals surface area contributed by atoms with E-state index in [4.69, 9.17) is 16.3 Å². The van der Waals surface area contributed by atoms with Crippen LogP contribution in [0, 0.1) is 0 Å². The van der Waals surface area contributed by atoms with Crippen LogP contribution in [0.25, 0.3) is 0 Å². The van der Waals surface area contributed by atoms with Gasteiger partial charge in [0.2, 0.25) is 0 Å². The van der Waals surface area contributed by atoms with Crippen LogP contribution in [0.3, 0.4) is 0 Å². The molecule has 1 unspecified atom stereocenters. The average molecular weight is 257 g/mol. The summed E-state index contributed by atoms with van der Waals surface area (Å²) < 4.78 is 5.16. The van der Waals surface area contributed by atoms with E-state index in [9.17, 15) is 0 Å². The van der Waals surface area contributed by atoms with Gasteiger partial charge < -0.3 is 9.64 Å². The number of anilines is 1. The molecular weight excluding hydrogens is 236 g/mol. The summed E-state index contributed by atoms with van der Waals surface area (Å²) in [7, 11) is 1.72. The topological polar surface area (TPSA) is 25.4 Å². The maximum absolute atomic E-state index is 5.96. The third-order valence-corrected chi connectivity index (χ3v) is 3.23. The molecule has 0 aliphatic heterocycles. The Bertz CT molecular complexity index is 333. The van der Waals surface area contributed by atoms with Crippen LogP contribution in [0.15, 0.2) is 18.3 Å². The van der Waals surface area contributed by atoms with Gasteiger partial charge in [0.25, 0.3) is 0 Å². The number of halogens is 1. The Kier molecular flexibility index (Phi) is 6.30. The van der Waals surface area contributed by atoms with Crippen molar-refractivity contribution in [2.45, 2.75) is 32.2 Å². The highest BCUT2D eigenvalue weighted by atomic mass is 35.5. The van der Waals surface area contributed by atoms with Crippen LogP contribution in [0.4, 0.5) is 5.82 Å². The molecule has 0 aliphatic rings. The van der Waals surface area contributed by atoms with E-state index in [1.54, 1.807) is 7.11 Å². The maximum Gasteiger partial charge on any atom is 0.133 e. The van der Waals surface area contributed by atoms with E-state index in [-0.39, 0.29) is 0 Å². The lowest BCUT2D eigenvalue weighted by Gasteiger charge is -2.30. The molecule has 0 aromatic carbocycles. The van der Waals surface area contributed by atoms with Crippen molar-refractivity contribution < 1.29 is 4.74 Å². The molecular formula is C13H21ClN2O. The number of hydrogen-bond acceptors (Lipinski definition) is 3. The molecule has 0 amide bonds. The molecule has 1 aromatic heterocycles.